The Hall–Kier alpha value is -1.08. The lowest BCUT2D eigenvalue weighted by Gasteiger charge is -2.28. The van der Waals surface area contributed by atoms with E-state index in [0.29, 0.717) is 32.6 Å². The van der Waals surface area contributed by atoms with Gasteiger partial charge in [0, 0.05) is 19.8 Å². The van der Waals surface area contributed by atoms with Crippen molar-refractivity contribution in [3.63, 3.8) is 0 Å². The first kappa shape index (κ1) is 14.9. The summed E-state index contributed by atoms with van der Waals surface area (Å²) < 4.78 is 5.12. The van der Waals surface area contributed by atoms with E-state index >= 15 is 0 Å². The molecule has 1 N–H and O–H groups in total. The van der Waals surface area contributed by atoms with Crippen LogP contribution in [0.3, 0.4) is 0 Å². The van der Waals surface area contributed by atoms with Gasteiger partial charge in [0.1, 0.15) is 5.41 Å². The van der Waals surface area contributed by atoms with Crippen molar-refractivity contribution >= 4 is 5.91 Å². The number of nitrogens with zero attached hydrogens (tertiary/aromatic N) is 1. The minimum atomic E-state index is -0.839. The van der Waals surface area contributed by atoms with Crippen molar-refractivity contribution in [1.29, 1.82) is 5.26 Å². The van der Waals surface area contributed by atoms with Gasteiger partial charge in [0.25, 0.3) is 0 Å². The van der Waals surface area contributed by atoms with Crippen LogP contribution in [0.25, 0.3) is 0 Å². The van der Waals surface area contributed by atoms with Gasteiger partial charge in [-0.25, -0.2) is 0 Å². The number of carbonyl (C=O) groups is 1. The Kier molecular flexibility index (Phi) is 7.57. The van der Waals surface area contributed by atoms with E-state index in [0.717, 1.165) is 0 Å². The summed E-state index contributed by atoms with van der Waals surface area (Å²) in [5.41, 5.74) is -0.839. The molecule has 1 amide bonds. The SMILES string of the molecule is CCC.CCNC(=O)C1(C#N)CCOCC1. The van der Waals surface area contributed by atoms with Gasteiger partial charge in [0.2, 0.25) is 5.91 Å². The highest BCUT2D eigenvalue weighted by Gasteiger charge is 2.39. The monoisotopic (exact) mass is 226 g/mol. The number of ether oxygens (including phenoxy) is 1. The predicted molar refractivity (Wildman–Crippen MR) is 62.7 cm³/mol. The fourth-order valence-electron chi connectivity index (χ4n) is 1.44. The molecular weight excluding hydrogens is 204 g/mol. The molecule has 0 spiro atoms. The van der Waals surface area contributed by atoms with E-state index in [1.165, 1.54) is 6.42 Å². The molecule has 1 saturated heterocycles. The largest absolute Gasteiger partial charge is 0.381 e. The maximum atomic E-state index is 11.6. The molecule has 0 aromatic heterocycles. The van der Waals surface area contributed by atoms with Gasteiger partial charge in [-0.05, 0) is 19.8 Å². The molecule has 1 rings (SSSR count). The lowest BCUT2D eigenvalue weighted by Crippen LogP contribution is -2.43. The molecule has 1 aliphatic rings. The molecule has 0 unspecified atom stereocenters. The Balaban J connectivity index is 0.000000673. The fourth-order valence-corrected chi connectivity index (χ4v) is 1.44. The van der Waals surface area contributed by atoms with Crippen molar-refractivity contribution in [3.05, 3.63) is 0 Å². The van der Waals surface area contributed by atoms with Crippen molar-refractivity contribution < 1.29 is 9.53 Å². The zero-order valence-electron chi connectivity index (χ0n) is 10.5. The van der Waals surface area contributed by atoms with Crippen LogP contribution >= 0.6 is 0 Å². The molecule has 0 aromatic rings. The summed E-state index contributed by atoms with van der Waals surface area (Å²) in [5, 5.41) is 11.7. The number of carbonyl (C=O) groups excluding carboxylic acids is 1. The van der Waals surface area contributed by atoms with E-state index in [-0.39, 0.29) is 5.91 Å². The molecule has 0 aromatic carbocycles. The molecular formula is C12H22N2O2. The van der Waals surface area contributed by atoms with Gasteiger partial charge in [-0.15, -0.1) is 0 Å². The van der Waals surface area contributed by atoms with Crippen molar-refractivity contribution in [2.45, 2.75) is 40.0 Å². The Morgan fingerprint density at radius 3 is 2.25 bits per heavy atom. The number of rotatable bonds is 2. The van der Waals surface area contributed by atoms with Gasteiger partial charge in [0.15, 0.2) is 0 Å². The first-order valence-electron chi connectivity index (χ1n) is 5.94. The number of nitrogens with one attached hydrogen (secondary N) is 1. The van der Waals surface area contributed by atoms with Gasteiger partial charge in [-0.3, -0.25) is 4.79 Å². The zero-order valence-corrected chi connectivity index (χ0v) is 10.5. The van der Waals surface area contributed by atoms with Crippen LogP contribution in [-0.4, -0.2) is 25.7 Å². The lowest BCUT2D eigenvalue weighted by molar-refractivity contribution is -0.132. The third-order valence-corrected chi connectivity index (χ3v) is 2.33. The summed E-state index contributed by atoms with van der Waals surface area (Å²) in [4.78, 5) is 11.6. The summed E-state index contributed by atoms with van der Waals surface area (Å²) in [5.74, 6) is -0.152. The highest BCUT2D eigenvalue weighted by molar-refractivity contribution is 5.85. The second-order valence-electron chi connectivity index (χ2n) is 3.87. The van der Waals surface area contributed by atoms with Gasteiger partial charge in [-0.1, -0.05) is 20.3 Å². The zero-order chi connectivity index (χ0) is 12.4. The molecule has 0 saturated carbocycles. The molecule has 92 valence electrons. The smallest absolute Gasteiger partial charge is 0.240 e. The first-order valence-corrected chi connectivity index (χ1v) is 5.94. The fraction of sp³-hybridized carbons (Fsp3) is 0.833. The van der Waals surface area contributed by atoms with E-state index in [1.54, 1.807) is 0 Å². The second kappa shape index (κ2) is 8.12. The normalized spacial score (nSPS) is 17.6. The average Bonchev–Trinajstić information content (AvgIpc) is 2.31. The van der Waals surface area contributed by atoms with Crippen molar-refractivity contribution in [3.8, 4) is 6.07 Å². The van der Waals surface area contributed by atoms with Gasteiger partial charge in [-0.2, -0.15) is 5.26 Å². The summed E-state index contributed by atoms with van der Waals surface area (Å²) in [7, 11) is 0. The van der Waals surface area contributed by atoms with Gasteiger partial charge in [0.05, 0.1) is 6.07 Å². The number of hydrogen-bond acceptors (Lipinski definition) is 3. The summed E-state index contributed by atoms with van der Waals surface area (Å²) in [6, 6.07) is 2.11. The van der Waals surface area contributed by atoms with Gasteiger partial charge >= 0.3 is 0 Å². The van der Waals surface area contributed by atoms with E-state index in [2.05, 4.69) is 25.2 Å². The standard InChI is InChI=1S/C9H14N2O2.C3H8/c1-2-11-8(12)9(7-10)3-5-13-6-4-9;1-3-2/h2-6H2,1H3,(H,11,12);3H2,1-2H3. The van der Waals surface area contributed by atoms with Crippen LogP contribution < -0.4 is 5.32 Å². The van der Waals surface area contributed by atoms with E-state index in [4.69, 9.17) is 10.00 Å². The van der Waals surface area contributed by atoms with Crippen LogP contribution in [0.5, 0.6) is 0 Å². The second-order valence-corrected chi connectivity index (χ2v) is 3.87. The van der Waals surface area contributed by atoms with Crippen LogP contribution in [0.4, 0.5) is 0 Å². The number of nitriles is 1. The van der Waals surface area contributed by atoms with Crippen LogP contribution in [0.15, 0.2) is 0 Å². The minimum absolute atomic E-state index is 0.152. The third kappa shape index (κ3) is 4.19. The van der Waals surface area contributed by atoms with Crippen molar-refractivity contribution in [2.24, 2.45) is 5.41 Å². The Morgan fingerprint density at radius 2 is 1.88 bits per heavy atom. The topological polar surface area (TPSA) is 62.1 Å². The molecule has 1 fully saturated rings. The summed E-state index contributed by atoms with van der Waals surface area (Å²) in [6.45, 7) is 7.68. The third-order valence-electron chi connectivity index (χ3n) is 2.33. The molecule has 1 heterocycles. The summed E-state index contributed by atoms with van der Waals surface area (Å²) in [6.07, 6.45) is 2.27. The average molecular weight is 226 g/mol. The highest BCUT2D eigenvalue weighted by Crippen LogP contribution is 2.29. The van der Waals surface area contributed by atoms with Crippen LogP contribution in [0.1, 0.15) is 40.0 Å². The number of amides is 1. The Bertz CT molecular complexity index is 240. The number of hydrogen-bond donors (Lipinski definition) is 1. The van der Waals surface area contributed by atoms with Crippen molar-refractivity contribution in [1.82, 2.24) is 5.32 Å². The predicted octanol–water partition coefficient (Wildman–Crippen LogP) is 1.86. The van der Waals surface area contributed by atoms with Crippen LogP contribution in [0.2, 0.25) is 0 Å². The summed E-state index contributed by atoms with van der Waals surface area (Å²) >= 11 is 0. The highest BCUT2D eigenvalue weighted by atomic mass is 16.5. The molecule has 0 atom stereocenters. The van der Waals surface area contributed by atoms with Gasteiger partial charge < -0.3 is 10.1 Å². The molecule has 4 heteroatoms. The first-order chi connectivity index (χ1) is 7.66. The maximum absolute atomic E-state index is 11.6. The maximum Gasteiger partial charge on any atom is 0.240 e. The van der Waals surface area contributed by atoms with E-state index in [9.17, 15) is 4.79 Å². The van der Waals surface area contributed by atoms with Crippen LogP contribution in [-0.2, 0) is 9.53 Å². The Morgan fingerprint density at radius 1 is 1.38 bits per heavy atom. The minimum Gasteiger partial charge on any atom is -0.381 e. The molecule has 0 radical (unpaired) electrons. The quantitative estimate of drug-likeness (QED) is 0.781. The molecule has 16 heavy (non-hydrogen) atoms. The van der Waals surface area contributed by atoms with Crippen LogP contribution in [0, 0.1) is 16.7 Å². The molecule has 4 nitrogen and oxygen atoms in total. The molecule has 0 bridgehead atoms. The van der Waals surface area contributed by atoms with E-state index in [1.807, 2.05) is 6.92 Å². The molecule has 1 aliphatic heterocycles. The Labute approximate surface area is 98.0 Å². The lowest BCUT2D eigenvalue weighted by atomic mass is 9.81. The van der Waals surface area contributed by atoms with Crippen molar-refractivity contribution in [2.75, 3.05) is 19.8 Å². The molecule has 0 aliphatic carbocycles. The van der Waals surface area contributed by atoms with E-state index < -0.39 is 5.41 Å².